The molecule has 1 aliphatic rings. The van der Waals surface area contributed by atoms with Gasteiger partial charge in [0.25, 0.3) is 0 Å². The highest BCUT2D eigenvalue weighted by Crippen LogP contribution is 2.37. The lowest BCUT2D eigenvalue weighted by molar-refractivity contribution is -0.139. The molecule has 10 heteroatoms. The van der Waals surface area contributed by atoms with Gasteiger partial charge in [0.05, 0.1) is 18.2 Å². The number of aliphatic carboxylic acids is 1. The molecule has 1 aliphatic heterocycles. The number of carboxylic acids is 1. The summed E-state index contributed by atoms with van der Waals surface area (Å²) in [7, 11) is 1.56. The Kier molecular flexibility index (Phi) is 9.71. The minimum Gasteiger partial charge on any atom is -0.497 e. The standard InChI is InChI=1S/C29H32F4N2O3S/c1-38-22-6-8-27-25(17-22)24(9-11-34-27)26(30)7-5-19-10-12-35(18-20(19)15-28(36)37)13-14-39-23-4-2-3-21(16-23)29(31,32)33/h2-4,6,8-9,11,16-17,19-20,26H,5,7,10,12-15,18H2,1H3,(H,36,37)/t19-,20+,26?/m1/s1. The van der Waals surface area contributed by atoms with Gasteiger partial charge in [0.15, 0.2) is 0 Å². The maximum Gasteiger partial charge on any atom is 0.416 e. The fourth-order valence-electron chi connectivity index (χ4n) is 5.31. The minimum absolute atomic E-state index is 0.00821. The molecule has 0 aliphatic carbocycles. The van der Waals surface area contributed by atoms with Crippen LogP contribution in [0.3, 0.4) is 0 Å². The Morgan fingerprint density at radius 1 is 1.21 bits per heavy atom. The van der Waals surface area contributed by atoms with E-state index in [1.54, 1.807) is 43.6 Å². The molecule has 1 N–H and O–H groups in total. The quantitative estimate of drug-likeness (QED) is 0.195. The van der Waals surface area contributed by atoms with E-state index in [-0.39, 0.29) is 24.7 Å². The van der Waals surface area contributed by atoms with Gasteiger partial charge in [-0.2, -0.15) is 13.2 Å². The number of alkyl halides is 4. The molecule has 2 aromatic carbocycles. The second-order valence-electron chi connectivity index (χ2n) is 9.91. The number of ether oxygens (including phenoxy) is 1. The second kappa shape index (κ2) is 13.0. The summed E-state index contributed by atoms with van der Waals surface area (Å²) < 4.78 is 59.7. The lowest BCUT2D eigenvalue weighted by Gasteiger charge is -2.38. The van der Waals surface area contributed by atoms with Crippen LogP contribution in [0.1, 0.15) is 43.0 Å². The highest BCUT2D eigenvalue weighted by Gasteiger charge is 2.32. The summed E-state index contributed by atoms with van der Waals surface area (Å²) in [5.41, 5.74) is 0.577. The van der Waals surface area contributed by atoms with Gasteiger partial charge in [-0.05, 0) is 85.7 Å². The first-order chi connectivity index (χ1) is 18.6. The van der Waals surface area contributed by atoms with Gasteiger partial charge in [-0.15, -0.1) is 11.8 Å². The Balaban J connectivity index is 1.33. The molecule has 4 rings (SSSR count). The first kappa shape index (κ1) is 29.1. The summed E-state index contributed by atoms with van der Waals surface area (Å²) in [5, 5.41) is 10.2. The number of benzene rings is 2. The zero-order chi connectivity index (χ0) is 28.0. The predicted molar refractivity (Wildman–Crippen MR) is 144 cm³/mol. The van der Waals surface area contributed by atoms with E-state index in [0.717, 1.165) is 25.1 Å². The zero-order valence-corrected chi connectivity index (χ0v) is 22.5. The van der Waals surface area contributed by atoms with E-state index < -0.39 is 23.9 Å². The van der Waals surface area contributed by atoms with Crippen LogP contribution >= 0.6 is 11.8 Å². The van der Waals surface area contributed by atoms with Crippen LogP contribution in [0.4, 0.5) is 17.6 Å². The van der Waals surface area contributed by atoms with Crippen LogP contribution in [0.25, 0.3) is 10.9 Å². The lowest BCUT2D eigenvalue weighted by atomic mass is 9.79. The first-order valence-electron chi connectivity index (χ1n) is 12.9. The summed E-state index contributed by atoms with van der Waals surface area (Å²) in [6.45, 7) is 1.96. The maximum absolute atomic E-state index is 15.5. The number of rotatable bonds is 11. The topological polar surface area (TPSA) is 62.7 Å². The summed E-state index contributed by atoms with van der Waals surface area (Å²) in [6, 6.07) is 12.3. The number of carbonyl (C=O) groups is 1. The molecule has 1 aromatic heterocycles. The minimum atomic E-state index is -4.38. The number of methoxy groups -OCH3 is 1. The molecular formula is C29H32F4N2O3S. The summed E-state index contributed by atoms with van der Waals surface area (Å²) in [4.78, 5) is 18.6. The van der Waals surface area contributed by atoms with E-state index in [1.807, 2.05) is 0 Å². The number of fused-ring (bicyclic) bond motifs is 1. The van der Waals surface area contributed by atoms with Crippen LogP contribution in [0.15, 0.2) is 59.6 Å². The lowest BCUT2D eigenvalue weighted by Crippen LogP contribution is -2.42. The summed E-state index contributed by atoms with van der Waals surface area (Å²) in [6.07, 6.45) is -2.38. The van der Waals surface area contributed by atoms with Crippen LogP contribution in [0.5, 0.6) is 5.75 Å². The van der Waals surface area contributed by atoms with Gasteiger partial charge in [0.2, 0.25) is 0 Å². The molecular weight excluding hydrogens is 532 g/mol. The molecule has 0 bridgehead atoms. The van der Waals surface area contributed by atoms with Crippen molar-refractivity contribution in [3.8, 4) is 5.75 Å². The van der Waals surface area contributed by atoms with Crippen molar-refractivity contribution in [3.63, 3.8) is 0 Å². The largest absolute Gasteiger partial charge is 0.497 e. The van der Waals surface area contributed by atoms with E-state index in [9.17, 15) is 23.1 Å². The number of aromatic nitrogens is 1. The Labute approximate surface area is 229 Å². The molecule has 1 fully saturated rings. The van der Waals surface area contributed by atoms with Gasteiger partial charge in [-0.1, -0.05) is 6.07 Å². The molecule has 0 spiro atoms. The number of thioether (sulfide) groups is 1. The van der Waals surface area contributed by atoms with Crippen molar-refractivity contribution in [2.75, 3.05) is 32.5 Å². The maximum atomic E-state index is 15.5. The highest BCUT2D eigenvalue weighted by molar-refractivity contribution is 7.99. The zero-order valence-electron chi connectivity index (χ0n) is 21.7. The van der Waals surface area contributed by atoms with Crippen molar-refractivity contribution in [2.45, 2.75) is 42.9 Å². The van der Waals surface area contributed by atoms with E-state index >= 15 is 4.39 Å². The van der Waals surface area contributed by atoms with Crippen LogP contribution in [-0.4, -0.2) is 53.5 Å². The smallest absolute Gasteiger partial charge is 0.416 e. The van der Waals surface area contributed by atoms with E-state index in [0.29, 0.717) is 52.4 Å². The second-order valence-corrected chi connectivity index (χ2v) is 11.1. The molecule has 3 atom stereocenters. The average Bonchev–Trinajstić information content (AvgIpc) is 2.91. The van der Waals surface area contributed by atoms with Crippen LogP contribution in [0.2, 0.25) is 0 Å². The summed E-state index contributed by atoms with van der Waals surface area (Å²) in [5.74, 6) is 0.306. The van der Waals surface area contributed by atoms with Gasteiger partial charge in [-0.25, -0.2) is 4.39 Å². The highest BCUT2D eigenvalue weighted by atomic mass is 32.2. The van der Waals surface area contributed by atoms with Crippen molar-refractivity contribution in [1.29, 1.82) is 0 Å². The fourth-order valence-corrected chi connectivity index (χ4v) is 6.28. The van der Waals surface area contributed by atoms with Crippen molar-refractivity contribution in [2.24, 2.45) is 11.8 Å². The SMILES string of the molecule is COc1ccc2nccc(C(F)CC[C@@H]3CCN(CCSc4cccc(C(F)(F)F)c4)C[C@@H]3CC(=O)O)c2c1. The number of carboxylic acid groups (broad SMARTS) is 1. The molecule has 2 heterocycles. The van der Waals surface area contributed by atoms with Gasteiger partial charge in [0, 0.05) is 41.7 Å². The van der Waals surface area contributed by atoms with Crippen LogP contribution in [-0.2, 0) is 11.0 Å². The van der Waals surface area contributed by atoms with Crippen LogP contribution in [0, 0.1) is 11.8 Å². The van der Waals surface area contributed by atoms with E-state index in [1.165, 1.54) is 17.8 Å². The molecule has 0 amide bonds. The molecule has 210 valence electrons. The van der Waals surface area contributed by atoms with Gasteiger partial charge >= 0.3 is 12.1 Å². The number of piperidine rings is 1. The normalized spacial score (nSPS) is 19.2. The van der Waals surface area contributed by atoms with E-state index in [2.05, 4.69) is 9.88 Å². The van der Waals surface area contributed by atoms with Crippen molar-refractivity contribution >= 4 is 28.6 Å². The van der Waals surface area contributed by atoms with Crippen LogP contribution < -0.4 is 4.74 Å². The molecule has 3 aromatic rings. The molecule has 0 saturated carbocycles. The molecule has 0 radical (unpaired) electrons. The van der Waals surface area contributed by atoms with E-state index in [4.69, 9.17) is 4.74 Å². The Morgan fingerprint density at radius 3 is 2.77 bits per heavy atom. The van der Waals surface area contributed by atoms with Gasteiger partial charge in [0.1, 0.15) is 11.9 Å². The first-order valence-corrected chi connectivity index (χ1v) is 13.9. The number of halogens is 4. The third-order valence-electron chi connectivity index (χ3n) is 7.36. The Hall–Kier alpha value is -2.85. The van der Waals surface area contributed by atoms with Crippen molar-refractivity contribution < 1.29 is 32.2 Å². The predicted octanol–water partition coefficient (Wildman–Crippen LogP) is 7.26. The third kappa shape index (κ3) is 7.85. The monoisotopic (exact) mass is 564 g/mol. The number of likely N-dealkylation sites (tertiary alicyclic amines) is 1. The van der Waals surface area contributed by atoms with Crippen molar-refractivity contribution in [3.05, 3.63) is 65.9 Å². The Bertz CT molecular complexity index is 1270. The van der Waals surface area contributed by atoms with Gasteiger partial charge in [-0.3, -0.25) is 9.78 Å². The average molecular weight is 565 g/mol. The number of pyridine rings is 1. The summed E-state index contributed by atoms with van der Waals surface area (Å²) >= 11 is 1.35. The van der Waals surface area contributed by atoms with Crippen molar-refractivity contribution in [1.82, 2.24) is 9.88 Å². The molecule has 1 unspecified atom stereocenters. The number of nitrogens with zero attached hydrogens (tertiary/aromatic N) is 2. The Morgan fingerprint density at radius 2 is 2.03 bits per heavy atom. The fraction of sp³-hybridized carbons (Fsp3) is 0.448. The molecule has 1 saturated heterocycles. The number of hydrogen-bond donors (Lipinski definition) is 1. The third-order valence-corrected chi connectivity index (χ3v) is 8.33. The van der Waals surface area contributed by atoms with Gasteiger partial charge < -0.3 is 14.7 Å². The molecule has 39 heavy (non-hydrogen) atoms. The number of hydrogen-bond acceptors (Lipinski definition) is 5. The molecule has 5 nitrogen and oxygen atoms in total.